The van der Waals surface area contributed by atoms with Crippen LogP contribution >= 0.6 is 12.2 Å². The van der Waals surface area contributed by atoms with Crippen LogP contribution in [0.15, 0.2) is 30.3 Å². The molecule has 0 amide bonds. The van der Waals surface area contributed by atoms with Crippen LogP contribution in [0.5, 0.6) is 0 Å². The minimum atomic E-state index is 0.0782. The number of hydrogen-bond donors (Lipinski definition) is 1. The highest BCUT2D eigenvalue weighted by molar-refractivity contribution is 7.80. The van der Waals surface area contributed by atoms with Crippen molar-refractivity contribution in [3.63, 3.8) is 0 Å². The Morgan fingerprint density at radius 3 is 2.89 bits per heavy atom. The molecular weight excluding hydrogens is 248 g/mol. The Bertz CT molecular complexity index is 380. The van der Waals surface area contributed by atoms with Gasteiger partial charge in [-0.1, -0.05) is 30.3 Å². The van der Waals surface area contributed by atoms with Crippen LogP contribution in [0.2, 0.25) is 0 Å². The summed E-state index contributed by atoms with van der Waals surface area (Å²) in [5.41, 5.74) is 1.17. The van der Waals surface area contributed by atoms with Gasteiger partial charge >= 0.3 is 0 Å². The zero-order valence-electron chi connectivity index (χ0n) is 10.2. The van der Waals surface area contributed by atoms with Crippen molar-refractivity contribution >= 4 is 17.3 Å². The molecule has 0 bridgehead atoms. The number of rotatable bonds is 6. The molecule has 1 N–H and O–H groups in total. The van der Waals surface area contributed by atoms with Gasteiger partial charge in [0.15, 0.2) is 5.05 Å². The summed E-state index contributed by atoms with van der Waals surface area (Å²) in [5, 5.41) is 9.15. The van der Waals surface area contributed by atoms with E-state index in [4.69, 9.17) is 26.8 Å². The first-order valence-corrected chi connectivity index (χ1v) is 6.60. The maximum absolute atomic E-state index is 9.07. The zero-order valence-corrected chi connectivity index (χ0v) is 11.1. The highest BCUT2D eigenvalue weighted by atomic mass is 32.1. The first-order chi connectivity index (χ1) is 8.74. The largest absolute Gasteiger partial charge is 0.502 e. The van der Waals surface area contributed by atoms with E-state index < -0.39 is 0 Å². The molecule has 1 aromatic rings. The lowest BCUT2D eigenvalue weighted by atomic mass is 10.0. The quantitative estimate of drug-likeness (QED) is 0.804. The van der Waals surface area contributed by atoms with Gasteiger partial charge in [-0.15, -0.1) is 0 Å². The second kappa shape index (κ2) is 6.83. The van der Waals surface area contributed by atoms with Gasteiger partial charge in [-0.3, -0.25) is 0 Å². The number of hydrogen-bond acceptors (Lipinski definition) is 3. The molecule has 1 aliphatic rings. The van der Waals surface area contributed by atoms with Crippen LogP contribution in [0.25, 0.3) is 0 Å². The average molecular weight is 266 g/mol. The van der Waals surface area contributed by atoms with Crippen LogP contribution in [0.4, 0.5) is 0 Å². The van der Waals surface area contributed by atoms with Crippen molar-refractivity contribution in [3.8, 4) is 0 Å². The van der Waals surface area contributed by atoms with Crippen molar-refractivity contribution < 1.29 is 14.6 Å². The van der Waals surface area contributed by atoms with Crippen LogP contribution in [0.1, 0.15) is 18.4 Å². The summed E-state index contributed by atoms with van der Waals surface area (Å²) in [5.74, 6) is 0.341. The molecule has 1 aliphatic heterocycles. The third-order valence-electron chi connectivity index (χ3n) is 3.04. The maximum atomic E-state index is 9.07. The highest BCUT2D eigenvalue weighted by Crippen LogP contribution is 2.23. The van der Waals surface area contributed by atoms with Crippen molar-refractivity contribution in [1.29, 1.82) is 0 Å². The Balaban J connectivity index is 1.65. The number of benzene rings is 1. The molecule has 0 spiro atoms. The van der Waals surface area contributed by atoms with Crippen LogP contribution in [-0.4, -0.2) is 29.5 Å². The molecule has 1 saturated heterocycles. The van der Waals surface area contributed by atoms with Crippen LogP contribution < -0.4 is 0 Å². The number of ether oxygens (including phenoxy) is 2. The first kappa shape index (κ1) is 13.5. The summed E-state index contributed by atoms with van der Waals surface area (Å²) in [6.45, 7) is 1.88. The lowest BCUT2D eigenvalue weighted by Crippen LogP contribution is -2.14. The number of aliphatic hydroxyl groups excluding tert-OH is 1. The monoisotopic (exact) mass is 266 g/mol. The van der Waals surface area contributed by atoms with Crippen molar-refractivity contribution in [2.45, 2.75) is 25.6 Å². The molecule has 1 aromatic carbocycles. The molecule has 2 rings (SSSR count). The number of thiocarbonyl (C=S) groups is 1. The number of aliphatic hydroxyl groups is 1. The minimum absolute atomic E-state index is 0.0782. The molecular formula is C14H18O3S. The van der Waals surface area contributed by atoms with Gasteiger partial charge in [0.05, 0.1) is 25.9 Å². The molecule has 4 heteroatoms. The summed E-state index contributed by atoms with van der Waals surface area (Å²) < 4.78 is 11.2. The van der Waals surface area contributed by atoms with Crippen LogP contribution in [-0.2, 0) is 16.1 Å². The van der Waals surface area contributed by atoms with Crippen molar-refractivity contribution in [3.05, 3.63) is 35.9 Å². The molecule has 0 radical (unpaired) electrons. The molecule has 0 aliphatic carbocycles. The zero-order chi connectivity index (χ0) is 12.8. The van der Waals surface area contributed by atoms with Crippen LogP contribution in [0.3, 0.4) is 0 Å². The van der Waals surface area contributed by atoms with E-state index in [-0.39, 0.29) is 11.2 Å². The Morgan fingerprint density at radius 1 is 1.39 bits per heavy atom. The van der Waals surface area contributed by atoms with E-state index in [2.05, 4.69) is 0 Å². The van der Waals surface area contributed by atoms with E-state index in [1.54, 1.807) is 0 Å². The van der Waals surface area contributed by atoms with E-state index in [0.29, 0.717) is 32.2 Å². The van der Waals surface area contributed by atoms with Gasteiger partial charge in [-0.2, -0.15) is 0 Å². The lowest BCUT2D eigenvalue weighted by molar-refractivity contribution is 0.00999. The SMILES string of the molecule is OC(=S)C[C@@H]1CO[C@H](COCc2ccccc2)C1. The van der Waals surface area contributed by atoms with Crippen LogP contribution in [0, 0.1) is 5.92 Å². The van der Waals surface area contributed by atoms with Crippen molar-refractivity contribution in [2.24, 2.45) is 5.92 Å². The molecule has 3 nitrogen and oxygen atoms in total. The van der Waals surface area contributed by atoms with E-state index in [0.717, 1.165) is 6.42 Å². The second-order valence-corrected chi connectivity index (χ2v) is 5.13. The topological polar surface area (TPSA) is 38.7 Å². The van der Waals surface area contributed by atoms with Gasteiger partial charge in [0.25, 0.3) is 0 Å². The molecule has 1 fully saturated rings. The third-order valence-corrected chi connectivity index (χ3v) is 3.21. The Morgan fingerprint density at radius 2 is 2.17 bits per heavy atom. The summed E-state index contributed by atoms with van der Waals surface area (Å²) in [4.78, 5) is 0. The summed E-state index contributed by atoms with van der Waals surface area (Å²) in [6, 6.07) is 10.1. The first-order valence-electron chi connectivity index (χ1n) is 6.19. The maximum Gasteiger partial charge on any atom is 0.156 e. The Hall–Kier alpha value is -0.970. The van der Waals surface area contributed by atoms with Gasteiger partial charge in [-0.05, 0) is 30.1 Å². The fraction of sp³-hybridized carbons (Fsp3) is 0.500. The third kappa shape index (κ3) is 4.37. The normalized spacial score (nSPS) is 23.1. The second-order valence-electron chi connectivity index (χ2n) is 4.66. The molecule has 0 unspecified atom stereocenters. The van der Waals surface area contributed by atoms with Crippen molar-refractivity contribution in [2.75, 3.05) is 13.2 Å². The lowest BCUT2D eigenvalue weighted by Gasteiger charge is -2.10. The predicted molar refractivity (Wildman–Crippen MR) is 73.8 cm³/mol. The predicted octanol–water partition coefficient (Wildman–Crippen LogP) is 2.88. The highest BCUT2D eigenvalue weighted by Gasteiger charge is 2.26. The molecule has 2 atom stereocenters. The van der Waals surface area contributed by atoms with Gasteiger partial charge in [0.1, 0.15) is 0 Å². The Kier molecular flexibility index (Phi) is 5.11. The summed E-state index contributed by atoms with van der Waals surface area (Å²) >= 11 is 4.69. The average Bonchev–Trinajstić information content (AvgIpc) is 2.77. The van der Waals surface area contributed by atoms with E-state index in [1.807, 2.05) is 30.3 Å². The molecule has 98 valence electrons. The Labute approximate surface area is 113 Å². The molecule has 18 heavy (non-hydrogen) atoms. The van der Waals surface area contributed by atoms with Crippen molar-refractivity contribution in [1.82, 2.24) is 0 Å². The molecule has 0 aromatic heterocycles. The van der Waals surface area contributed by atoms with E-state index in [9.17, 15) is 0 Å². The van der Waals surface area contributed by atoms with Gasteiger partial charge in [0.2, 0.25) is 0 Å². The molecule has 0 saturated carbocycles. The van der Waals surface area contributed by atoms with E-state index in [1.165, 1.54) is 5.56 Å². The summed E-state index contributed by atoms with van der Waals surface area (Å²) in [7, 11) is 0. The van der Waals surface area contributed by atoms with Gasteiger partial charge in [-0.25, -0.2) is 0 Å². The fourth-order valence-electron chi connectivity index (χ4n) is 2.17. The fourth-order valence-corrected chi connectivity index (χ4v) is 2.40. The molecule has 1 heterocycles. The smallest absolute Gasteiger partial charge is 0.156 e. The standard InChI is InChI=1S/C14H18O3S/c15-14(18)7-12-6-13(17-9-12)10-16-8-11-4-2-1-3-5-11/h1-5,12-13H,6-10H2,(H,15,18)/t12-,13+/m1/s1. The van der Waals surface area contributed by atoms with Gasteiger partial charge in [0, 0.05) is 6.42 Å². The van der Waals surface area contributed by atoms with Gasteiger partial charge < -0.3 is 14.6 Å². The minimum Gasteiger partial charge on any atom is -0.502 e. The summed E-state index contributed by atoms with van der Waals surface area (Å²) in [6.07, 6.45) is 1.60. The van der Waals surface area contributed by atoms with E-state index >= 15 is 0 Å².